The lowest BCUT2D eigenvalue weighted by Gasteiger charge is -2.04. The maximum atomic E-state index is 10.3. The van der Waals surface area contributed by atoms with E-state index >= 15 is 0 Å². The molecule has 0 aromatic carbocycles. The highest BCUT2D eigenvalue weighted by Gasteiger charge is 2.07. The van der Waals surface area contributed by atoms with Crippen LogP contribution in [0.4, 0.5) is 0 Å². The molecule has 1 atom stereocenters. The summed E-state index contributed by atoms with van der Waals surface area (Å²) >= 11 is 1.39. The van der Waals surface area contributed by atoms with Gasteiger partial charge >= 0.3 is 11.9 Å². The first-order valence-electron chi connectivity index (χ1n) is 3.64. The summed E-state index contributed by atoms with van der Waals surface area (Å²) in [7, 11) is 0. The summed E-state index contributed by atoms with van der Waals surface area (Å²) in [6.07, 6.45) is 4.61. The Kier molecular flexibility index (Phi) is 6.05. The molecule has 0 saturated carbocycles. The lowest BCUT2D eigenvalue weighted by molar-refractivity contribution is -0.137. The fourth-order valence-electron chi connectivity index (χ4n) is 0.625. The van der Waals surface area contributed by atoms with Gasteiger partial charge in [-0.2, -0.15) is 11.8 Å². The summed E-state index contributed by atoms with van der Waals surface area (Å²) in [5, 5.41) is 8.31. The van der Waals surface area contributed by atoms with E-state index in [-0.39, 0.29) is 11.7 Å². The third-order valence-corrected chi connectivity index (χ3v) is 2.14. The molecular formula is C8H12O4S. The first-order chi connectivity index (χ1) is 6.06. The minimum atomic E-state index is -0.869. The van der Waals surface area contributed by atoms with Crippen molar-refractivity contribution in [2.45, 2.75) is 18.6 Å². The van der Waals surface area contributed by atoms with Crippen molar-refractivity contribution in [3.8, 4) is 0 Å². The highest BCUT2D eigenvalue weighted by Crippen LogP contribution is 2.12. The predicted molar refractivity (Wildman–Crippen MR) is 50.5 cm³/mol. The SMILES string of the molecule is CSC(C=COC(C)=O)CC(=O)O. The Bertz CT molecular complexity index is 212. The molecule has 0 aromatic heterocycles. The Morgan fingerprint density at radius 2 is 2.23 bits per heavy atom. The molecule has 0 fully saturated rings. The molecule has 0 aromatic rings. The maximum absolute atomic E-state index is 10.3. The van der Waals surface area contributed by atoms with Crippen LogP contribution in [0.2, 0.25) is 0 Å². The standard InChI is InChI=1S/C8H12O4S/c1-6(9)12-4-3-7(13-2)5-8(10)11/h3-4,7H,5H2,1-2H3,(H,10,11). The highest BCUT2D eigenvalue weighted by molar-refractivity contribution is 7.99. The molecule has 74 valence electrons. The van der Waals surface area contributed by atoms with Crippen LogP contribution in [-0.2, 0) is 14.3 Å². The van der Waals surface area contributed by atoms with Crippen molar-refractivity contribution in [3.63, 3.8) is 0 Å². The summed E-state index contributed by atoms with van der Waals surface area (Å²) in [6, 6.07) is 0. The van der Waals surface area contributed by atoms with Gasteiger partial charge in [0.05, 0.1) is 12.7 Å². The smallest absolute Gasteiger partial charge is 0.307 e. The van der Waals surface area contributed by atoms with Gasteiger partial charge in [-0.3, -0.25) is 9.59 Å². The first kappa shape index (κ1) is 12.0. The Hall–Kier alpha value is -0.970. The molecule has 0 heterocycles. The van der Waals surface area contributed by atoms with Gasteiger partial charge in [0, 0.05) is 12.2 Å². The van der Waals surface area contributed by atoms with Gasteiger partial charge in [-0.1, -0.05) is 0 Å². The van der Waals surface area contributed by atoms with E-state index in [0.29, 0.717) is 0 Å². The Balaban J connectivity index is 3.89. The zero-order chi connectivity index (χ0) is 10.3. The molecule has 0 saturated heterocycles. The number of ether oxygens (including phenoxy) is 1. The first-order valence-corrected chi connectivity index (χ1v) is 4.93. The largest absolute Gasteiger partial charge is 0.481 e. The van der Waals surface area contributed by atoms with Crippen molar-refractivity contribution in [3.05, 3.63) is 12.3 Å². The van der Waals surface area contributed by atoms with E-state index < -0.39 is 11.9 Å². The minimum absolute atomic E-state index is 0.0267. The molecule has 1 unspecified atom stereocenters. The number of carboxylic acid groups (broad SMARTS) is 1. The monoisotopic (exact) mass is 204 g/mol. The van der Waals surface area contributed by atoms with E-state index in [4.69, 9.17) is 5.11 Å². The van der Waals surface area contributed by atoms with E-state index in [2.05, 4.69) is 4.74 Å². The van der Waals surface area contributed by atoms with Crippen molar-refractivity contribution >= 4 is 23.7 Å². The second-order valence-electron chi connectivity index (χ2n) is 2.31. The number of carboxylic acids is 1. The third kappa shape index (κ3) is 7.39. The number of carbonyl (C=O) groups excluding carboxylic acids is 1. The Morgan fingerprint density at radius 1 is 1.62 bits per heavy atom. The van der Waals surface area contributed by atoms with Crippen LogP contribution in [0.3, 0.4) is 0 Å². The van der Waals surface area contributed by atoms with Gasteiger partial charge in [-0.15, -0.1) is 0 Å². The quantitative estimate of drug-likeness (QED) is 0.539. The number of aliphatic carboxylic acids is 1. The average molecular weight is 204 g/mol. The fourth-order valence-corrected chi connectivity index (χ4v) is 1.16. The molecule has 0 aliphatic carbocycles. The van der Waals surface area contributed by atoms with Crippen LogP contribution < -0.4 is 0 Å². The average Bonchev–Trinajstić information content (AvgIpc) is 2.01. The van der Waals surface area contributed by atoms with Crippen molar-refractivity contribution in [1.29, 1.82) is 0 Å². The van der Waals surface area contributed by atoms with Crippen LogP contribution in [-0.4, -0.2) is 28.6 Å². The number of rotatable bonds is 5. The highest BCUT2D eigenvalue weighted by atomic mass is 32.2. The topological polar surface area (TPSA) is 63.6 Å². The molecule has 4 nitrogen and oxygen atoms in total. The van der Waals surface area contributed by atoms with Gasteiger partial charge in [-0.05, 0) is 12.3 Å². The van der Waals surface area contributed by atoms with E-state index in [1.165, 1.54) is 24.9 Å². The molecular weight excluding hydrogens is 192 g/mol. The van der Waals surface area contributed by atoms with E-state index in [0.717, 1.165) is 0 Å². The lowest BCUT2D eigenvalue weighted by Crippen LogP contribution is -2.06. The molecule has 0 bridgehead atoms. The molecule has 5 heteroatoms. The van der Waals surface area contributed by atoms with Crippen molar-refractivity contribution in [1.82, 2.24) is 0 Å². The fraction of sp³-hybridized carbons (Fsp3) is 0.500. The predicted octanol–water partition coefficient (Wildman–Crippen LogP) is 1.27. The van der Waals surface area contributed by atoms with Gasteiger partial charge in [0.25, 0.3) is 0 Å². The van der Waals surface area contributed by atoms with Crippen LogP contribution in [0.15, 0.2) is 12.3 Å². The van der Waals surface area contributed by atoms with Crippen molar-refractivity contribution in [2.24, 2.45) is 0 Å². The summed E-state index contributed by atoms with van der Waals surface area (Å²) in [4.78, 5) is 20.6. The molecule has 0 aliphatic heterocycles. The zero-order valence-electron chi connectivity index (χ0n) is 7.52. The van der Waals surface area contributed by atoms with Crippen LogP contribution in [0.1, 0.15) is 13.3 Å². The summed E-state index contributed by atoms with van der Waals surface area (Å²) in [5.41, 5.74) is 0. The Labute approximate surface area is 81.0 Å². The molecule has 0 spiro atoms. The van der Waals surface area contributed by atoms with Crippen LogP contribution in [0, 0.1) is 0 Å². The van der Waals surface area contributed by atoms with Crippen molar-refractivity contribution in [2.75, 3.05) is 6.26 Å². The van der Waals surface area contributed by atoms with E-state index in [1.54, 1.807) is 12.3 Å². The van der Waals surface area contributed by atoms with Crippen LogP contribution in [0.5, 0.6) is 0 Å². The van der Waals surface area contributed by atoms with Crippen LogP contribution in [0.25, 0.3) is 0 Å². The number of esters is 1. The van der Waals surface area contributed by atoms with Gasteiger partial charge in [0.2, 0.25) is 0 Å². The van der Waals surface area contributed by atoms with Gasteiger partial charge < -0.3 is 9.84 Å². The molecule has 0 amide bonds. The van der Waals surface area contributed by atoms with Crippen LogP contribution >= 0.6 is 11.8 Å². The maximum Gasteiger partial charge on any atom is 0.307 e. The summed E-state index contributed by atoms with van der Waals surface area (Å²) in [6.45, 7) is 1.29. The zero-order valence-corrected chi connectivity index (χ0v) is 8.34. The number of hydrogen-bond acceptors (Lipinski definition) is 4. The van der Waals surface area contributed by atoms with Gasteiger partial charge in [0.1, 0.15) is 0 Å². The normalized spacial score (nSPS) is 12.8. The second-order valence-corrected chi connectivity index (χ2v) is 3.39. The minimum Gasteiger partial charge on any atom is -0.481 e. The summed E-state index contributed by atoms with van der Waals surface area (Å²) in [5.74, 6) is -1.28. The second kappa shape index (κ2) is 6.54. The molecule has 0 rings (SSSR count). The molecule has 1 N–H and O–H groups in total. The van der Waals surface area contributed by atoms with Gasteiger partial charge in [0.15, 0.2) is 0 Å². The molecule has 0 aliphatic rings. The Morgan fingerprint density at radius 3 is 2.62 bits per heavy atom. The van der Waals surface area contributed by atoms with E-state index in [1.807, 2.05) is 0 Å². The molecule has 13 heavy (non-hydrogen) atoms. The van der Waals surface area contributed by atoms with Gasteiger partial charge in [-0.25, -0.2) is 0 Å². The van der Waals surface area contributed by atoms with Crippen molar-refractivity contribution < 1.29 is 19.4 Å². The number of hydrogen-bond donors (Lipinski definition) is 1. The third-order valence-electron chi connectivity index (χ3n) is 1.21. The number of thioether (sulfide) groups is 1. The van der Waals surface area contributed by atoms with E-state index in [9.17, 15) is 9.59 Å². The number of carbonyl (C=O) groups is 2. The molecule has 0 radical (unpaired) electrons. The summed E-state index contributed by atoms with van der Waals surface area (Å²) < 4.78 is 4.53. The lowest BCUT2D eigenvalue weighted by atomic mass is 10.3.